The molecule has 28 heavy (non-hydrogen) atoms. The van der Waals surface area contributed by atoms with Crippen molar-refractivity contribution >= 4 is 6.03 Å². The average Bonchev–Trinajstić information content (AvgIpc) is 3.17. The third-order valence-corrected chi connectivity index (χ3v) is 5.42. The van der Waals surface area contributed by atoms with Crippen molar-refractivity contribution in [1.29, 1.82) is 0 Å². The number of morpholine rings is 1. The van der Waals surface area contributed by atoms with Crippen molar-refractivity contribution < 1.29 is 14.3 Å². The highest BCUT2D eigenvalue weighted by molar-refractivity contribution is 5.75. The first-order valence-electron chi connectivity index (χ1n) is 10.7. The second kappa shape index (κ2) is 10.1. The third-order valence-electron chi connectivity index (χ3n) is 5.42. The van der Waals surface area contributed by atoms with Gasteiger partial charge >= 0.3 is 6.03 Å². The molecule has 0 saturated carbocycles. The maximum atomic E-state index is 12.8. The van der Waals surface area contributed by atoms with Gasteiger partial charge in [0.05, 0.1) is 25.4 Å². The fourth-order valence-corrected chi connectivity index (χ4v) is 4.20. The Bertz CT molecular complexity index is 620. The molecule has 2 amide bonds. The van der Waals surface area contributed by atoms with Crippen LogP contribution in [-0.4, -0.2) is 67.9 Å². The summed E-state index contributed by atoms with van der Waals surface area (Å²) in [4.78, 5) is 17.2. The number of rotatable bonds is 7. The van der Waals surface area contributed by atoms with E-state index in [4.69, 9.17) is 9.47 Å². The molecule has 2 heterocycles. The van der Waals surface area contributed by atoms with Gasteiger partial charge in [0.25, 0.3) is 0 Å². The van der Waals surface area contributed by atoms with Gasteiger partial charge in [-0.05, 0) is 43.4 Å². The minimum absolute atomic E-state index is 0.0148. The molecule has 1 aromatic carbocycles. The van der Waals surface area contributed by atoms with Gasteiger partial charge in [0.15, 0.2) is 0 Å². The number of likely N-dealkylation sites (tertiary alicyclic amines) is 1. The molecule has 2 aliphatic heterocycles. The van der Waals surface area contributed by atoms with Crippen LogP contribution in [0.4, 0.5) is 4.79 Å². The molecule has 0 aromatic heterocycles. The molecular weight excluding hydrogens is 354 g/mol. The van der Waals surface area contributed by atoms with E-state index in [9.17, 15) is 4.79 Å². The van der Waals surface area contributed by atoms with Crippen LogP contribution in [0.5, 0.6) is 5.75 Å². The Morgan fingerprint density at radius 2 is 2.07 bits per heavy atom. The zero-order valence-electron chi connectivity index (χ0n) is 17.5. The van der Waals surface area contributed by atoms with Gasteiger partial charge in [0.2, 0.25) is 0 Å². The first-order valence-corrected chi connectivity index (χ1v) is 10.7. The molecule has 1 aromatic rings. The Kier molecular flexibility index (Phi) is 7.57. The zero-order chi connectivity index (χ0) is 19.9. The van der Waals surface area contributed by atoms with Gasteiger partial charge in [-0.3, -0.25) is 4.90 Å². The second-order valence-corrected chi connectivity index (χ2v) is 8.19. The van der Waals surface area contributed by atoms with Crippen LogP contribution in [0.25, 0.3) is 0 Å². The van der Waals surface area contributed by atoms with Gasteiger partial charge in [0.1, 0.15) is 5.75 Å². The van der Waals surface area contributed by atoms with Crippen molar-refractivity contribution in [3.05, 3.63) is 29.8 Å². The van der Waals surface area contributed by atoms with E-state index < -0.39 is 0 Å². The average molecular weight is 390 g/mol. The van der Waals surface area contributed by atoms with Gasteiger partial charge in [-0.1, -0.05) is 26.0 Å². The maximum Gasteiger partial charge on any atom is 0.318 e. The smallest absolute Gasteiger partial charge is 0.318 e. The first-order chi connectivity index (χ1) is 13.6. The van der Waals surface area contributed by atoms with Crippen LogP contribution >= 0.6 is 0 Å². The van der Waals surface area contributed by atoms with Crippen LogP contribution in [0.15, 0.2) is 24.3 Å². The number of carbonyl (C=O) groups excluding carboxylic acids is 1. The van der Waals surface area contributed by atoms with Gasteiger partial charge in [-0.25, -0.2) is 4.79 Å². The Balaban J connectivity index is 1.51. The topological polar surface area (TPSA) is 54.0 Å². The summed E-state index contributed by atoms with van der Waals surface area (Å²) < 4.78 is 11.4. The fourth-order valence-electron chi connectivity index (χ4n) is 4.20. The van der Waals surface area contributed by atoms with E-state index in [1.54, 1.807) is 0 Å². The van der Waals surface area contributed by atoms with Crippen LogP contribution in [0.3, 0.4) is 0 Å². The lowest BCUT2D eigenvalue weighted by atomic mass is 10.0. The van der Waals surface area contributed by atoms with Crippen molar-refractivity contribution in [3.63, 3.8) is 0 Å². The van der Waals surface area contributed by atoms with Crippen molar-refractivity contribution in [2.24, 2.45) is 5.92 Å². The lowest BCUT2D eigenvalue weighted by Crippen LogP contribution is -2.50. The summed E-state index contributed by atoms with van der Waals surface area (Å²) in [6.07, 6.45) is 2.11. The number of amides is 2. The Hall–Kier alpha value is -1.79. The van der Waals surface area contributed by atoms with E-state index in [2.05, 4.69) is 36.2 Å². The molecule has 2 unspecified atom stereocenters. The van der Waals surface area contributed by atoms with Gasteiger partial charge in [0, 0.05) is 32.7 Å². The van der Waals surface area contributed by atoms with Crippen molar-refractivity contribution in [3.8, 4) is 5.75 Å². The SMILES string of the molecule is CCOc1ccc(C2CCCN2C(=O)NCC2CN(CC(C)C)CCO2)cc1. The molecule has 0 aliphatic carbocycles. The van der Waals surface area contributed by atoms with E-state index in [0.29, 0.717) is 19.1 Å². The van der Waals surface area contributed by atoms with E-state index >= 15 is 0 Å². The number of nitrogens with zero attached hydrogens (tertiary/aromatic N) is 2. The number of benzene rings is 1. The Labute approximate surface area is 169 Å². The highest BCUT2D eigenvalue weighted by Gasteiger charge is 2.30. The Morgan fingerprint density at radius 1 is 1.29 bits per heavy atom. The van der Waals surface area contributed by atoms with Crippen molar-refractivity contribution in [1.82, 2.24) is 15.1 Å². The minimum Gasteiger partial charge on any atom is -0.494 e. The van der Waals surface area contributed by atoms with E-state index in [1.165, 1.54) is 5.56 Å². The van der Waals surface area contributed by atoms with Gasteiger partial charge in [-0.2, -0.15) is 0 Å². The van der Waals surface area contributed by atoms with Crippen LogP contribution in [0, 0.1) is 5.92 Å². The molecule has 6 nitrogen and oxygen atoms in total. The molecule has 2 atom stereocenters. The number of ether oxygens (including phenoxy) is 2. The molecule has 2 saturated heterocycles. The molecule has 0 bridgehead atoms. The molecular formula is C22H35N3O3. The summed E-state index contributed by atoms with van der Waals surface area (Å²) in [7, 11) is 0. The maximum absolute atomic E-state index is 12.8. The lowest BCUT2D eigenvalue weighted by Gasteiger charge is -2.34. The monoisotopic (exact) mass is 389 g/mol. The highest BCUT2D eigenvalue weighted by atomic mass is 16.5. The summed E-state index contributed by atoms with van der Waals surface area (Å²) in [5.74, 6) is 1.52. The van der Waals surface area contributed by atoms with Crippen molar-refractivity contribution in [2.75, 3.05) is 45.9 Å². The van der Waals surface area contributed by atoms with Crippen LogP contribution in [-0.2, 0) is 4.74 Å². The largest absolute Gasteiger partial charge is 0.494 e. The summed E-state index contributed by atoms with van der Waals surface area (Å²) in [5, 5.41) is 3.11. The fraction of sp³-hybridized carbons (Fsp3) is 0.682. The second-order valence-electron chi connectivity index (χ2n) is 8.19. The predicted octanol–water partition coefficient (Wildman–Crippen LogP) is 3.29. The quantitative estimate of drug-likeness (QED) is 0.778. The van der Waals surface area contributed by atoms with Crippen molar-refractivity contribution in [2.45, 2.75) is 45.8 Å². The van der Waals surface area contributed by atoms with Crippen LogP contribution in [0.1, 0.15) is 45.2 Å². The summed E-state index contributed by atoms with van der Waals surface area (Å²) in [6, 6.07) is 8.30. The lowest BCUT2D eigenvalue weighted by molar-refractivity contribution is -0.0294. The molecule has 0 spiro atoms. The normalized spacial score (nSPS) is 23.2. The molecule has 156 valence electrons. The first kappa shape index (κ1) is 20.9. The number of carbonyl (C=O) groups is 1. The zero-order valence-corrected chi connectivity index (χ0v) is 17.5. The molecule has 1 N–H and O–H groups in total. The van der Waals surface area contributed by atoms with E-state index in [1.807, 2.05) is 24.0 Å². The van der Waals surface area contributed by atoms with Crippen LogP contribution < -0.4 is 10.1 Å². The molecule has 6 heteroatoms. The predicted molar refractivity (Wildman–Crippen MR) is 111 cm³/mol. The third kappa shape index (κ3) is 5.61. The molecule has 3 rings (SSSR count). The molecule has 0 radical (unpaired) electrons. The number of urea groups is 1. The number of hydrogen-bond acceptors (Lipinski definition) is 4. The van der Waals surface area contributed by atoms with E-state index in [0.717, 1.165) is 51.4 Å². The minimum atomic E-state index is 0.0148. The highest BCUT2D eigenvalue weighted by Crippen LogP contribution is 2.32. The number of nitrogens with one attached hydrogen (secondary N) is 1. The number of hydrogen-bond donors (Lipinski definition) is 1. The summed E-state index contributed by atoms with van der Waals surface area (Å²) in [6.45, 7) is 12.2. The Morgan fingerprint density at radius 3 is 2.79 bits per heavy atom. The molecule has 2 aliphatic rings. The van der Waals surface area contributed by atoms with Gasteiger partial charge in [-0.15, -0.1) is 0 Å². The van der Waals surface area contributed by atoms with Gasteiger partial charge < -0.3 is 19.7 Å². The summed E-state index contributed by atoms with van der Waals surface area (Å²) in [5.41, 5.74) is 1.17. The molecule has 2 fully saturated rings. The standard InChI is InChI=1S/C22H35N3O3/c1-4-27-19-9-7-18(8-10-19)21-6-5-11-25(21)22(26)23-14-20-16-24(12-13-28-20)15-17(2)3/h7-10,17,20-21H,4-6,11-16H2,1-3H3,(H,23,26). The van der Waals surface area contributed by atoms with E-state index in [-0.39, 0.29) is 18.2 Å². The van der Waals surface area contributed by atoms with Crippen LogP contribution in [0.2, 0.25) is 0 Å². The summed E-state index contributed by atoms with van der Waals surface area (Å²) >= 11 is 0.